The van der Waals surface area contributed by atoms with Crippen molar-refractivity contribution in [1.29, 1.82) is 0 Å². The third kappa shape index (κ3) is 4.07. The van der Waals surface area contributed by atoms with Crippen LogP contribution in [0.15, 0.2) is 48.5 Å². The highest BCUT2D eigenvalue weighted by Gasteiger charge is 2.21. The Labute approximate surface area is 137 Å². The monoisotopic (exact) mass is 310 g/mol. The summed E-state index contributed by atoms with van der Waals surface area (Å²) in [6, 6.07) is 14.3. The predicted octanol–water partition coefficient (Wildman–Crippen LogP) is 4.45. The normalized spacial score (nSPS) is 11.1. The molecule has 0 saturated heterocycles. The molecule has 23 heavy (non-hydrogen) atoms. The second kappa shape index (κ2) is 6.78. The topological polar surface area (TPSA) is 43.4 Å². The Morgan fingerprint density at radius 2 is 1.52 bits per heavy atom. The number of benzene rings is 2. The summed E-state index contributed by atoms with van der Waals surface area (Å²) in [5.41, 5.74) is 2.01. The van der Waals surface area contributed by atoms with Crippen molar-refractivity contribution in [2.24, 2.45) is 0 Å². The summed E-state index contributed by atoms with van der Waals surface area (Å²) >= 11 is 0. The molecule has 0 aliphatic heterocycles. The van der Waals surface area contributed by atoms with E-state index in [4.69, 9.17) is 4.74 Å². The maximum absolute atomic E-state index is 12.4. The number of hydrogen-bond acceptors (Lipinski definition) is 3. The molecular formula is C20H22O3. The van der Waals surface area contributed by atoms with Gasteiger partial charge in [0.2, 0.25) is 0 Å². The van der Waals surface area contributed by atoms with Crippen LogP contribution in [0.2, 0.25) is 0 Å². The van der Waals surface area contributed by atoms with Crippen molar-refractivity contribution in [3.05, 3.63) is 65.2 Å². The lowest BCUT2D eigenvalue weighted by Gasteiger charge is -2.22. The maximum atomic E-state index is 12.4. The molecule has 0 spiro atoms. The van der Waals surface area contributed by atoms with Crippen LogP contribution in [0, 0.1) is 0 Å². The van der Waals surface area contributed by atoms with Gasteiger partial charge in [-0.15, -0.1) is 0 Å². The lowest BCUT2D eigenvalue weighted by molar-refractivity contribution is 0.0894. The fourth-order valence-electron chi connectivity index (χ4n) is 2.46. The molecule has 0 fully saturated rings. The highest BCUT2D eigenvalue weighted by molar-refractivity contribution is 6.13. The second-order valence-corrected chi connectivity index (χ2v) is 6.55. The van der Waals surface area contributed by atoms with E-state index < -0.39 is 0 Å². The Balaban J connectivity index is 2.22. The number of ether oxygens (including phenoxy) is 1. The van der Waals surface area contributed by atoms with Crippen molar-refractivity contribution in [1.82, 2.24) is 0 Å². The number of ketones is 2. The molecule has 0 radical (unpaired) electrons. The second-order valence-electron chi connectivity index (χ2n) is 6.55. The van der Waals surface area contributed by atoms with Gasteiger partial charge in [-0.2, -0.15) is 0 Å². The van der Waals surface area contributed by atoms with E-state index in [1.165, 1.54) is 0 Å². The molecule has 0 aliphatic rings. The number of rotatable bonds is 5. The number of carbonyl (C=O) groups excluding carboxylic acids is 2. The smallest absolute Gasteiger partial charge is 0.170 e. The van der Waals surface area contributed by atoms with Gasteiger partial charge in [0.1, 0.15) is 5.75 Å². The van der Waals surface area contributed by atoms with Crippen molar-refractivity contribution < 1.29 is 14.3 Å². The molecule has 2 aromatic rings. The van der Waals surface area contributed by atoms with Gasteiger partial charge < -0.3 is 4.74 Å². The molecule has 3 nitrogen and oxygen atoms in total. The summed E-state index contributed by atoms with van der Waals surface area (Å²) < 4.78 is 5.42. The molecule has 3 heteroatoms. The third-order valence-corrected chi connectivity index (χ3v) is 3.75. The highest BCUT2D eigenvalue weighted by atomic mass is 16.5. The first kappa shape index (κ1) is 16.9. The summed E-state index contributed by atoms with van der Waals surface area (Å²) in [5.74, 6) is 0.308. The Kier molecular flexibility index (Phi) is 4.99. The van der Waals surface area contributed by atoms with Gasteiger partial charge in [0.15, 0.2) is 11.6 Å². The van der Waals surface area contributed by atoms with Gasteiger partial charge in [-0.1, -0.05) is 63.2 Å². The van der Waals surface area contributed by atoms with E-state index in [-0.39, 0.29) is 23.4 Å². The van der Waals surface area contributed by atoms with Crippen molar-refractivity contribution in [2.45, 2.75) is 32.6 Å². The molecule has 0 N–H and O–H groups in total. The fraction of sp³-hybridized carbons (Fsp3) is 0.300. The summed E-state index contributed by atoms with van der Waals surface area (Å²) in [5, 5.41) is 0. The first-order valence-corrected chi connectivity index (χ1v) is 7.63. The number of hydrogen-bond donors (Lipinski definition) is 0. The summed E-state index contributed by atoms with van der Waals surface area (Å²) in [4.78, 5) is 24.5. The lowest BCUT2D eigenvalue weighted by Crippen LogP contribution is -2.14. The van der Waals surface area contributed by atoms with Crippen LogP contribution in [0.25, 0.3) is 0 Å². The van der Waals surface area contributed by atoms with E-state index in [2.05, 4.69) is 20.8 Å². The van der Waals surface area contributed by atoms with E-state index in [0.717, 1.165) is 5.56 Å². The van der Waals surface area contributed by atoms with E-state index >= 15 is 0 Å². The van der Waals surface area contributed by atoms with Crippen LogP contribution in [0.4, 0.5) is 0 Å². The van der Waals surface area contributed by atoms with Crippen LogP contribution >= 0.6 is 0 Å². The maximum Gasteiger partial charge on any atom is 0.170 e. The largest absolute Gasteiger partial charge is 0.496 e. The molecule has 2 rings (SSSR count). The number of Topliss-reactive ketones (excluding diaryl/α,β-unsaturated/α-hetero) is 2. The van der Waals surface area contributed by atoms with Crippen LogP contribution in [-0.2, 0) is 5.41 Å². The Hall–Kier alpha value is -2.42. The number of carbonyl (C=O) groups is 2. The minimum Gasteiger partial charge on any atom is -0.496 e. The Morgan fingerprint density at radius 3 is 2.09 bits per heavy atom. The molecule has 0 heterocycles. The minimum absolute atomic E-state index is 0.0766. The fourth-order valence-corrected chi connectivity index (χ4v) is 2.46. The molecular weight excluding hydrogens is 288 g/mol. The molecule has 0 unspecified atom stereocenters. The number of methoxy groups -OCH3 is 1. The lowest BCUT2D eigenvalue weighted by atomic mass is 9.85. The van der Waals surface area contributed by atoms with Crippen LogP contribution < -0.4 is 4.74 Å². The average molecular weight is 310 g/mol. The van der Waals surface area contributed by atoms with Gasteiger partial charge in [-0.3, -0.25) is 9.59 Å². The standard InChI is InChI=1S/C20H22O3/c1-20(2,3)16-11-10-15(12-19(16)23-4)18(22)13-17(21)14-8-6-5-7-9-14/h5-12H,13H2,1-4H3. The van der Waals surface area contributed by atoms with Crippen molar-refractivity contribution in [3.8, 4) is 5.75 Å². The molecule has 2 aromatic carbocycles. The van der Waals surface area contributed by atoms with Crippen LogP contribution in [0.5, 0.6) is 5.75 Å². The quantitative estimate of drug-likeness (QED) is 0.605. The van der Waals surface area contributed by atoms with E-state index in [9.17, 15) is 9.59 Å². The van der Waals surface area contributed by atoms with E-state index in [1.54, 1.807) is 43.5 Å². The van der Waals surface area contributed by atoms with Gasteiger partial charge in [0.25, 0.3) is 0 Å². The van der Waals surface area contributed by atoms with Gasteiger partial charge in [-0.25, -0.2) is 0 Å². The first-order valence-electron chi connectivity index (χ1n) is 7.63. The Bertz CT molecular complexity index is 709. The van der Waals surface area contributed by atoms with Crippen molar-refractivity contribution in [2.75, 3.05) is 7.11 Å². The first-order chi connectivity index (χ1) is 10.8. The van der Waals surface area contributed by atoms with Crippen molar-refractivity contribution >= 4 is 11.6 Å². The molecule has 0 atom stereocenters. The highest BCUT2D eigenvalue weighted by Crippen LogP contribution is 2.32. The molecule has 0 amide bonds. The Morgan fingerprint density at radius 1 is 0.913 bits per heavy atom. The van der Waals surface area contributed by atoms with E-state index in [0.29, 0.717) is 16.9 Å². The summed E-state index contributed by atoms with van der Waals surface area (Å²) in [7, 11) is 1.59. The van der Waals surface area contributed by atoms with Gasteiger partial charge >= 0.3 is 0 Å². The summed E-state index contributed by atoms with van der Waals surface area (Å²) in [6.07, 6.45) is -0.137. The molecule has 0 saturated carbocycles. The summed E-state index contributed by atoms with van der Waals surface area (Å²) in [6.45, 7) is 6.27. The zero-order chi connectivity index (χ0) is 17.0. The zero-order valence-electron chi connectivity index (χ0n) is 14.1. The third-order valence-electron chi connectivity index (χ3n) is 3.75. The van der Waals surface area contributed by atoms with Crippen LogP contribution in [0.1, 0.15) is 53.5 Å². The van der Waals surface area contributed by atoms with Crippen LogP contribution in [-0.4, -0.2) is 18.7 Å². The molecule has 0 aliphatic carbocycles. The zero-order valence-corrected chi connectivity index (χ0v) is 14.1. The van der Waals surface area contributed by atoms with Gasteiger partial charge in [0.05, 0.1) is 13.5 Å². The SMILES string of the molecule is COc1cc(C(=O)CC(=O)c2ccccc2)ccc1C(C)(C)C. The minimum atomic E-state index is -0.197. The predicted molar refractivity (Wildman–Crippen MR) is 91.4 cm³/mol. The van der Waals surface area contributed by atoms with Crippen molar-refractivity contribution in [3.63, 3.8) is 0 Å². The van der Waals surface area contributed by atoms with Gasteiger partial charge in [0, 0.05) is 11.1 Å². The average Bonchev–Trinajstić information content (AvgIpc) is 2.54. The van der Waals surface area contributed by atoms with Crippen LogP contribution in [0.3, 0.4) is 0 Å². The van der Waals surface area contributed by atoms with Gasteiger partial charge in [-0.05, 0) is 17.0 Å². The molecule has 0 bridgehead atoms. The molecule has 0 aromatic heterocycles. The molecule has 120 valence electrons. The van der Waals surface area contributed by atoms with E-state index in [1.807, 2.05) is 12.1 Å².